The molecule has 0 saturated carbocycles. The molecule has 0 bridgehead atoms. The van der Waals surface area contributed by atoms with Crippen molar-refractivity contribution >= 4 is 0 Å². The lowest BCUT2D eigenvalue weighted by atomic mass is 9.94. The van der Waals surface area contributed by atoms with E-state index in [9.17, 15) is 0 Å². The first kappa shape index (κ1) is 14.9. The van der Waals surface area contributed by atoms with Gasteiger partial charge in [-0.3, -0.25) is 0 Å². The lowest BCUT2D eigenvalue weighted by Crippen LogP contribution is -2.58. The van der Waals surface area contributed by atoms with Crippen LogP contribution in [-0.2, 0) is 9.47 Å². The van der Waals surface area contributed by atoms with Crippen LogP contribution in [0.4, 0.5) is 0 Å². The lowest BCUT2D eigenvalue weighted by molar-refractivity contribution is -0.0358. The summed E-state index contributed by atoms with van der Waals surface area (Å²) in [6.45, 7) is 9.41. The molecule has 2 rings (SSSR count). The third-order valence-corrected chi connectivity index (χ3v) is 3.32. The molecule has 1 spiro atoms. The van der Waals surface area contributed by atoms with Crippen LogP contribution in [0.25, 0.3) is 0 Å². The van der Waals surface area contributed by atoms with Gasteiger partial charge in [0.1, 0.15) is 0 Å². The van der Waals surface area contributed by atoms with Crippen LogP contribution in [0.5, 0.6) is 0 Å². The SMILES string of the molecule is C1COC2(C1)CNC2.CCCCCOCCC. The number of unbranched alkanes of at least 4 members (excludes halogenated alkanes) is 2. The highest BCUT2D eigenvalue weighted by molar-refractivity contribution is 4.96. The van der Waals surface area contributed by atoms with Crippen molar-refractivity contribution in [3.8, 4) is 0 Å². The van der Waals surface area contributed by atoms with Crippen LogP contribution in [0, 0.1) is 0 Å². The van der Waals surface area contributed by atoms with Gasteiger partial charge in [0.25, 0.3) is 0 Å². The van der Waals surface area contributed by atoms with E-state index < -0.39 is 0 Å². The molecule has 0 aromatic rings. The van der Waals surface area contributed by atoms with Gasteiger partial charge in [-0.05, 0) is 25.7 Å². The van der Waals surface area contributed by atoms with Crippen LogP contribution in [0.2, 0.25) is 0 Å². The number of hydrogen-bond acceptors (Lipinski definition) is 3. The number of nitrogens with one attached hydrogen (secondary N) is 1. The van der Waals surface area contributed by atoms with Crippen LogP contribution < -0.4 is 5.32 Å². The molecule has 102 valence electrons. The number of rotatable bonds is 6. The van der Waals surface area contributed by atoms with Gasteiger partial charge in [-0.25, -0.2) is 0 Å². The first-order chi connectivity index (χ1) is 8.33. The van der Waals surface area contributed by atoms with Gasteiger partial charge in [0.15, 0.2) is 0 Å². The van der Waals surface area contributed by atoms with Gasteiger partial charge < -0.3 is 14.8 Å². The highest BCUT2D eigenvalue weighted by atomic mass is 16.5. The van der Waals surface area contributed by atoms with E-state index in [1.54, 1.807) is 0 Å². The van der Waals surface area contributed by atoms with Crippen LogP contribution in [0.1, 0.15) is 52.4 Å². The summed E-state index contributed by atoms with van der Waals surface area (Å²) >= 11 is 0. The molecule has 17 heavy (non-hydrogen) atoms. The van der Waals surface area contributed by atoms with Gasteiger partial charge >= 0.3 is 0 Å². The molecule has 0 aliphatic carbocycles. The molecule has 0 unspecified atom stereocenters. The lowest BCUT2D eigenvalue weighted by Gasteiger charge is -2.37. The molecule has 3 heteroatoms. The predicted octanol–water partition coefficient (Wildman–Crippen LogP) is 2.74. The predicted molar refractivity (Wildman–Crippen MR) is 71.4 cm³/mol. The van der Waals surface area contributed by atoms with Crippen molar-refractivity contribution in [1.29, 1.82) is 0 Å². The van der Waals surface area contributed by atoms with Gasteiger partial charge in [0.2, 0.25) is 0 Å². The molecule has 2 aliphatic heterocycles. The van der Waals surface area contributed by atoms with E-state index in [1.807, 2.05) is 0 Å². The van der Waals surface area contributed by atoms with Crippen molar-refractivity contribution in [2.24, 2.45) is 0 Å². The summed E-state index contributed by atoms with van der Waals surface area (Å²) in [5.41, 5.74) is 0.306. The molecular formula is C14H29NO2. The molecule has 2 heterocycles. The van der Waals surface area contributed by atoms with Gasteiger partial charge in [-0.2, -0.15) is 0 Å². The second-order valence-corrected chi connectivity index (χ2v) is 5.06. The van der Waals surface area contributed by atoms with E-state index in [2.05, 4.69) is 19.2 Å². The van der Waals surface area contributed by atoms with Gasteiger partial charge in [0, 0.05) is 32.9 Å². The van der Waals surface area contributed by atoms with E-state index in [4.69, 9.17) is 9.47 Å². The molecule has 0 aromatic heterocycles. The minimum absolute atomic E-state index is 0.306. The highest BCUT2D eigenvalue weighted by Gasteiger charge is 2.40. The van der Waals surface area contributed by atoms with Crippen molar-refractivity contribution in [2.75, 3.05) is 32.9 Å². The fraction of sp³-hybridized carbons (Fsp3) is 1.00. The summed E-state index contributed by atoms with van der Waals surface area (Å²) in [5, 5.41) is 3.22. The number of ether oxygens (including phenoxy) is 2. The standard InChI is InChI=1S/C8H18O.C6H11NO/c1-3-5-6-8-9-7-4-2;1-2-6(8-3-1)4-7-5-6/h3-8H2,1-2H3;7H,1-5H2. The second-order valence-electron chi connectivity index (χ2n) is 5.06. The number of hydrogen-bond donors (Lipinski definition) is 1. The zero-order valence-electron chi connectivity index (χ0n) is 11.6. The van der Waals surface area contributed by atoms with E-state index in [0.29, 0.717) is 5.60 Å². The molecule has 0 atom stereocenters. The topological polar surface area (TPSA) is 30.5 Å². The first-order valence-electron chi connectivity index (χ1n) is 7.25. The van der Waals surface area contributed by atoms with Crippen LogP contribution in [-0.4, -0.2) is 38.5 Å². The third kappa shape index (κ3) is 5.84. The van der Waals surface area contributed by atoms with Gasteiger partial charge in [-0.1, -0.05) is 26.7 Å². The molecule has 1 N–H and O–H groups in total. The first-order valence-corrected chi connectivity index (χ1v) is 7.25. The van der Waals surface area contributed by atoms with Crippen LogP contribution in [0.15, 0.2) is 0 Å². The van der Waals surface area contributed by atoms with Gasteiger partial charge in [0.05, 0.1) is 5.60 Å². The summed E-state index contributed by atoms with van der Waals surface area (Å²) in [6.07, 6.45) is 7.52. The van der Waals surface area contributed by atoms with Crippen molar-refractivity contribution in [2.45, 2.75) is 58.0 Å². The van der Waals surface area contributed by atoms with Crippen molar-refractivity contribution in [1.82, 2.24) is 5.32 Å². The van der Waals surface area contributed by atoms with Crippen molar-refractivity contribution in [3.63, 3.8) is 0 Å². The second kappa shape index (κ2) is 8.90. The Morgan fingerprint density at radius 3 is 2.35 bits per heavy atom. The van der Waals surface area contributed by atoms with Crippen LogP contribution in [0.3, 0.4) is 0 Å². The van der Waals surface area contributed by atoms with Crippen LogP contribution >= 0.6 is 0 Å². The Hall–Kier alpha value is -0.120. The molecule has 3 nitrogen and oxygen atoms in total. The molecule has 2 fully saturated rings. The van der Waals surface area contributed by atoms with Crippen molar-refractivity contribution < 1.29 is 9.47 Å². The summed E-state index contributed by atoms with van der Waals surface area (Å²) in [4.78, 5) is 0. The Bertz CT molecular complexity index is 167. The van der Waals surface area contributed by atoms with Crippen molar-refractivity contribution in [3.05, 3.63) is 0 Å². The average Bonchev–Trinajstić information content (AvgIpc) is 2.79. The van der Waals surface area contributed by atoms with E-state index in [-0.39, 0.29) is 0 Å². The van der Waals surface area contributed by atoms with E-state index in [0.717, 1.165) is 39.3 Å². The largest absolute Gasteiger partial charge is 0.381 e. The zero-order chi connectivity index (χ0) is 12.4. The molecule has 2 saturated heterocycles. The third-order valence-electron chi connectivity index (χ3n) is 3.32. The molecular weight excluding hydrogens is 214 g/mol. The fourth-order valence-electron chi connectivity index (χ4n) is 2.14. The fourth-order valence-corrected chi connectivity index (χ4v) is 2.14. The maximum Gasteiger partial charge on any atom is 0.0930 e. The van der Waals surface area contributed by atoms with E-state index in [1.165, 1.54) is 32.1 Å². The minimum atomic E-state index is 0.306. The molecule has 0 aromatic carbocycles. The highest BCUT2D eigenvalue weighted by Crippen LogP contribution is 2.28. The molecule has 2 aliphatic rings. The maximum atomic E-state index is 5.51. The van der Waals surface area contributed by atoms with E-state index >= 15 is 0 Å². The Labute approximate surface area is 106 Å². The average molecular weight is 243 g/mol. The monoisotopic (exact) mass is 243 g/mol. The molecule has 0 radical (unpaired) electrons. The molecule has 0 amide bonds. The maximum absolute atomic E-state index is 5.51. The minimum Gasteiger partial charge on any atom is -0.381 e. The Morgan fingerprint density at radius 1 is 1.12 bits per heavy atom. The summed E-state index contributed by atoms with van der Waals surface area (Å²) in [7, 11) is 0. The Kier molecular flexibility index (Phi) is 7.82. The smallest absolute Gasteiger partial charge is 0.0930 e. The quantitative estimate of drug-likeness (QED) is 0.728. The zero-order valence-corrected chi connectivity index (χ0v) is 11.6. The van der Waals surface area contributed by atoms with Gasteiger partial charge in [-0.15, -0.1) is 0 Å². The Morgan fingerprint density at radius 2 is 1.94 bits per heavy atom. The Balaban J connectivity index is 0.000000170. The summed E-state index contributed by atoms with van der Waals surface area (Å²) in [6, 6.07) is 0. The normalized spacial score (nSPS) is 20.8. The summed E-state index contributed by atoms with van der Waals surface area (Å²) in [5.74, 6) is 0. The summed E-state index contributed by atoms with van der Waals surface area (Å²) < 4.78 is 10.8.